The van der Waals surface area contributed by atoms with Gasteiger partial charge in [-0.1, -0.05) is 6.42 Å². The van der Waals surface area contributed by atoms with Crippen molar-refractivity contribution in [1.29, 1.82) is 0 Å². The van der Waals surface area contributed by atoms with Crippen molar-refractivity contribution < 1.29 is 14.3 Å². The van der Waals surface area contributed by atoms with E-state index in [1.807, 2.05) is 4.90 Å². The van der Waals surface area contributed by atoms with Crippen molar-refractivity contribution in [2.24, 2.45) is 0 Å². The molecule has 0 radical (unpaired) electrons. The van der Waals surface area contributed by atoms with Gasteiger partial charge in [-0.3, -0.25) is 9.69 Å². The van der Waals surface area contributed by atoms with E-state index in [2.05, 4.69) is 5.32 Å². The lowest BCUT2D eigenvalue weighted by Crippen LogP contribution is -2.47. The number of carbonyl (C=O) groups is 2. The molecule has 5 nitrogen and oxygen atoms in total. The van der Waals surface area contributed by atoms with E-state index in [-0.39, 0.29) is 18.1 Å². The number of hydrogen-bond acceptors (Lipinski definition) is 4. The number of nitrogens with one attached hydrogen (secondary N) is 1. The summed E-state index contributed by atoms with van der Waals surface area (Å²) in [5.74, 6) is -0.000694. The summed E-state index contributed by atoms with van der Waals surface area (Å²) in [7, 11) is 0. The summed E-state index contributed by atoms with van der Waals surface area (Å²) in [5, 5.41) is 2.90. The number of piperidine rings is 1. The van der Waals surface area contributed by atoms with E-state index < -0.39 is 0 Å². The summed E-state index contributed by atoms with van der Waals surface area (Å²) < 4.78 is 5.45. The molecule has 0 saturated carbocycles. The molecule has 2 aliphatic rings. The number of amides is 1. The van der Waals surface area contributed by atoms with Crippen LogP contribution in [0.2, 0.25) is 0 Å². The third-order valence-electron chi connectivity index (χ3n) is 3.72. The molecule has 0 aromatic rings. The number of carbonyl (C=O) groups excluding carboxylic acids is 2. The number of likely N-dealkylation sites (tertiary alicyclic amines) is 1. The highest BCUT2D eigenvalue weighted by Crippen LogP contribution is 2.15. The van der Waals surface area contributed by atoms with Crippen LogP contribution in [0.25, 0.3) is 0 Å². The normalized spacial score (nSPS) is 29.1. The van der Waals surface area contributed by atoms with Crippen LogP contribution in [-0.4, -0.2) is 55.5 Å². The summed E-state index contributed by atoms with van der Waals surface area (Å²) in [4.78, 5) is 24.7. The molecule has 0 bridgehead atoms. The van der Waals surface area contributed by atoms with Crippen molar-refractivity contribution >= 4 is 12.2 Å². The molecule has 5 heteroatoms. The third-order valence-corrected chi connectivity index (χ3v) is 3.72. The first-order valence-corrected chi connectivity index (χ1v) is 6.87. The Morgan fingerprint density at radius 2 is 2.22 bits per heavy atom. The fourth-order valence-electron chi connectivity index (χ4n) is 2.64. The predicted molar refractivity (Wildman–Crippen MR) is 67.3 cm³/mol. The Bertz CT molecular complexity index is 290. The largest absolute Gasteiger partial charge is 0.376 e. The van der Waals surface area contributed by atoms with E-state index in [1.54, 1.807) is 0 Å². The van der Waals surface area contributed by atoms with E-state index in [0.29, 0.717) is 13.1 Å². The van der Waals surface area contributed by atoms with Gasteiger partial charge in [0.1, 0.15) is 6.29 Å². The van der Waals surface area contributed by atoms with Crippen LogP contribution in [0.15, 0.2) is 0 Å². The molecule has 2 saturated heterocycles. The Balaban J connectivity index is 1.70. The Hall–Kier alpha value is -0.940. The second kappa shape index (κ2) is 6.85. The lowest BCUT2D eigenvalue weighted by atomic mass is 10.0. The van der Waals surface area contributed by atoms with Gasteiger partial charge in [-0.15, -0.1) is 0 Å². The van der Waals surface area contributed by atoms with E-state index in [0.717, 1.165) is 51.5 Å². The van der Waals surface area contributed by atoms with Crippen molar-refractivity contribution in [3.63, 3.8) is 0 Å². The van der Waals surface area contributed by atoms with Gasteiger partial charge in [0.2, 0.25) is 5.91 Å². The average Bonchev–Trinajstić information content (AvgIpc) is 2.90. The zero-order chi connectivity index (χ0) is 12.8. The molecule has 2 fully saturated rings. The van der Waals surface area contributed by atoms with Gasteiger partial charge in [0.25, 0.3) is 0 Å². The minimum Gasteiger partial charge on any atom is -0.376 e. The highest BCUT2D eigenvalue weighted by molar-refractivity contribution is 5.78. The number of ether oxygens (including phenoxy) is 1. The molecule has 102 valence electrons. The van der Waals surface area contributed by atoms with Crippen LogP contribution >= 0.6 is 0 Å². The van der Waals surface area contributed by atoms with E-state index in [9.17, 15) is 9.59 Å². The van der Waals surface area contributed by atoms with Crippen LogP contribution in [0.4, 0.5) is 0 Å². The Morgan fingerprint density at radius 1 is 1.33 bits per heavy atom. The van der Waals surface area contributed by atoms with E-state index in [4.69, 9.17) is 4.74 Å². The molecule has 18 heavy (non-hydrogen) atoms. The molecule has 2 heterocycles. The highest BCUT2D eigenvalue weighted by atomic mass is 16.5. The van der Waals surface area contributed by atoms with Crippen LogP contribution in [-0.2, 0) is 14.3 Å². The Kier molecular flexibility index (Phi) is 5.13. The number of rotatable bonds is 5. The molecular formula is C13H22N2O3. The van der Waals surface area contributed by atoms with Gasteiger partial charge in [-0.05, 0) is 32.2 Å². The average molecular weight is 254 g/mol. The van der Waals surface area contributed by atoms with Gasteiger partial charge in [-0.2, -0.15) is 0 Å². The van der Waals surface area contributed by atoms with Crippen LogP contribution in [0.3, 0.4) is 0 Å². The zero-order valence-electron chi connectivity index (χ0n) is 10.8. The maximum atomic E-state index is 11.8. The third kappa shape index (κ3) is 3.78. The second-order valence-corrected chi connectivity index (χ2v) is 5.11. The molecule has 0 aromatic carbocycles. The second-order valence-electron chi connectivity index (χ2n) is 5.11. The number of hydrogen-bond donors (Lipinski definition) is 1. The van der Waals surface area contributed by atoms with Gasteiger partial charge in [0.05, 0.1) is 18.7 Å². The van der Waals surface area contributed by atoms with Gasteiger partial charge >= 0.3 is 0 Å². The van der Waals surface area contributed by atoms with Crippen LogP contribution < -0.4 is 5.32 Å². The van der Waals surface area contributed by atoms with Gasteiger partial charge in [-0.25, -0.2) is 0 Å². The highest BCUT2D eigenvalue weighted by Gasteiger charge is 2.24. The molecule has 1 amide bonds. The van der Waals surface area contributed by atoms with Crippen LogP contribution in [0.5, 0.6) is 0 Å². The van der Waals surface area contributed by atoms with Crippen molar-refractivity contribution in [3.05, 3.63) is 0 Å². The van der Waals surface area contributed by atoms with E-state index >= 15 is 0 Å². The Morgan fingerprint density at radius 3 is 2.94 bits per heavy atom. The maximum absolute atomic E-state index is 11.8. The van der Waals surface area contributed by atoms with Gasteiger partial charge in [0, 0.05) is 13.2 Å². The first-order valence-electron chi connectivity index (χ1n) is 6.87. The van der Waals surface area contributed by atoms with Crippen LogP contribution in [0.1, 0.15) is 32.1 Å². The molecule has 0 aliphatic carbocycles. The SMILES string of the molecule is O=CC1CCCCN1CC(=O)NCC1CCCO1. The first-order chi connectivity index (χ1) is 8.79. The summed E-state index contributed by atoms with van der Waals surface area (Å²) in [6, 6.07) is -0.0766. The summed E-state index contributed by atoms with van der Waals surface area (Å²) in [6.07, 6.45) is 6.29. The van der Waals surface area contributed by atoms with Crippen molar-refractivity contribution in [2.75, 3.05) is 26.2 Å². The topological polar surface area (TPSA) is 58.6 Å². The standard InChI is InChI=1S/C13H22N2O3/c16-10-11-4-1-2-6-15(11)9-13(17)14-8-12-5-3-7-18-12/h10-12H,1-9H2,(H,14,17). The molecule has 2 rings (SSSR count). The molecular weight excluding hydrogens is 232 g/mol. The maximum Gasteiger partial charge on any atom is 0.234 e. The number of nitrogens with zero attached hydrogens (tertiary/aromatic N) is 1. The fraction of sp³-hybridized carbons (Fsp3) is 0.846. The number of aldehydes is 1. The smallest absolute Gasteiger partial charge is 0.234 e. The fourth-order valence-corrected chi connectivity index (χ4v) is 2.64. The Labute approximate surface area is 108 Å². The van der Waals surface area contributed by atoms with Crippen molar-refractivity contribution in [2.45, 2.75) is 44.2 Å². The summed E-state index contributed by atoms with van der Waals surface area (Å²) >= 11 is 0. The molecule has 2 unspecified atom stereocenters. The zero-order valence-corrected chi connectivity index (χ0v) is 10.8. The van der Waals surface area contributed by atoms with Gasteiger partial charge < -0.3 is 14.8 Å². The minimum absolute atomic E-state index is 0.000694. The molecule has 2 aliphatic heterocycles. The summed E-state index contributed by atoms with van der Waals surface area (Å²) in [5.41, 5.74) is 0. The molecule has 1 N–H and O–H groups in total. The molecule has 2 atom stereocenters. The quantitative estimate of drug-likeness (QED) is 0.719. The lowest BCUT2D eigenvalue weighted by Gasteiger charge is -2.31. The van der Waals surface area contributed by atoms with E-state index in [1.165, 1.54) is 0 Å². The first kappa shape index (κ1) is 13.5. The van der Waals surface area contributed by atoms with Crippen molar-refractivity contribution in [3.8, 4) is 0 Å². The minimum atomic E-state index is -0.0766. The molecule has 0 aromatic heterocycles. The monoisotopic (exact) mass is 254 g/mol. The van der Waals surface area contributed by atoms with Crippen LogP contribution in [0, 0.1) is 0 Å². The summed E-state index contributed by atoms with van der Waals surface area (Å²) in [6.45, 7) is 2.57. The lowest BCUT2D eigenvalue weighted by molar-refractivity contribution is -0.124. The molecule has 0 spiro atoms. The predicted octanol–water partition coefficient (Wildman–Crippen LogP) is 0.335. The van der Waals surface area contributed by atoms with Crippen molar-refractivity contribution in [1.82, 2.24) is 10.2 Å². The van der Waals surface area contributed by atoms with Gasteiger partial charge in [0.15, 0.2) is 0 Å².